The highest BCUT2D eigenvalue weighted by atomic mass is 19.4. The summed E-state index contributed by atoms with van der Waals surface area (Å²) < 4.78 is 69.9. The molecule has 2 aliphatic heterocycles. The Bertz CT molecular complexity index is 760. The zero-order chi connectivity index (χ0) is 18.6. The second-order valence-electron chi connectivity index (χ2n) is 5.36. The van der Waals surface area contributed by atoms with Crippen molar-refractivity contribution in [3.63, 3.8) is 0 Å². The van der Waals surface area contributed by atoms with Gasteiger partial charge in [0.2, 0.25) is 5.91 Å². The predicted molar refractivity (Wildman–Crippen MR) is 74.3 cm³/mol. The Labute approximate surface area is 137 Å². The first-order chi connectivity index (χ1) is 11.6. The summed E-state index contributed by atoms with van der Waals surface area (Å²) in [5.74, 6) is -9.10. The molecule has 2 atom stereocenters. The number of carbonyl (C=O) groups excluding carboxylic acids is 2. The smallest absolute Gasteiger partial charge is 0.459 e. The lowest BCUT2D eigenvalue weighted by Gasteiger charge is -2.22. The van der Waals surface area contributed by atoms with E-state index in [4.69, 9.17) is 4.74 Å². The second-order valence-corrected chi connectivity index (χ2v) is 5.36. The van der Waals surface area contributed by atoms with Gasteiger partial charge in [-0.3, -0.25) is 15.0 Å². The molecule has 2 amide bonds. The van der Waals surface area contributed by atoms with E-state index in [1.807, 2.05) is 5.43 Å². The van der Waals surface area contributed by atoms with Crippen LogP contribution in [0.2, 0.25) is 0 Å². The molecular formula is C14H10F5N3O3. The lowest BCUT2D eigenvalue weighted by Crippen LogP contribution is -2.49. The number of ether oxygens (including phenoxy) is 1. The number of alkyl halides is 5. The van der Waals surface area contributed by atoms with E-state index < -0.39 is 41.6 Å². The molecule has 0 unspecified atom stereocenters. The van der Waals surface area contributed by atoms with Gasteiger partial charge < -0.3 is 4.74 Å². The third-order valence-electron chi connectivity index (χ3n) is 3.93. The minimum atomic E-state index is -5.93. The van der Waals surface area contributed by atoms with Crippen LogP contribution in [0.15, 0.2) is 29.4 Å². The third kappa shape index (κ3) is 2.41. The van der Waals surface area contributed by atoms with Crippen LogP contribution in [-0.2, 0) is 9.59 Å². The van der Waals surface area contributed by atoms with E-state index >= 15 is 0 Å². The highest BCUT2D eigenvalue weighted by Crippen LogP contribution is 2.43. The highest BCUT2D eigenvalue weighted by Gasteiger charge is 2.68. The molecule has 0 spiro atoms. The number of benzene rings is 1. The van der Waals surface area contributed by atoms with Gasteiger partial charge in [-0.15, -0.1) is 0 Å². The number of hydrogen-bond donors (Lipinski definition) is 1. The number of methoxy groups -OCH3 is 1. The Kier molecular flexibility index (Phi) is 3.69. The van der Waals surface area contributed by atoms with Crippen molar-refractivity contribution in [2.75, 3.05) is 12.0 Å². The molecule has 0 aliphatic carbocycles. The molecule has 1 aromatic carbocycles. The van der Waals surface area contributed by atoms with Gasteiger partial charge in [-0.2, -0.15) is 27.1 Å². The second kappa shape index (κ2) is 5.39. The molecule has 1 fully saturated rings. The van der Waals surface area contributed by atoms with Crippen molar-refractivity contribution >= 4 is 23.2 Å². The number of anilines is 1. The summed E-state index contributed by atoms with van der Waals surface area (Å²) in [6.07, 6.45) is -5.93. The topological polar surface area (TPSA) is 71.0 Å². The molecule has 1 N–H and O–H groups in total. The number of amides is 2. The molecule has 0 aromatic heterocycles. The van der Waals surface area contributed by atoms with E-state index in [2.05, 4.69) is 5.10 Å². The van der Waals surface area contributed by atoms with Gasteiger partial charge in [0, 0.05) is 0 Å². The summed E-state index contributed by atoms with van der Waals surface area (Å²) in [6, 6.07) is 3.86. The third-order valence-corrected chi connectivity index (χ3v) is 3.93. The quantitative estimate of drug-likeness (QED) is 0.656. The molecule has 11 heteroatoms. The number of imide groups is 1. The fraction of sp³-hybridized carbons (Fsp3) is 0.357. The number of nitrogens with one attached hydrogen (secondary N) is 1. The van der Waals surface area contributed by atoms with Crippen LogP contribution in [-0.4, -0.2) is 42.8 Å². The zero-order valence-electron chi connectivity index (χ0n) is 12.5. The summed E-state index contributed by atoms with van der Waals surface area (Å²) in [7, 11) is 1.39. The van der Waals surface area contributed by atoms with E-state index in [1.165, 1.54) is 31.4 Å². The fourth-order valence-electron chi connectivity index (χ4n) is 2.68. The van der Waals surface area contributed by atoms with Gasteiger partial charge >= 0.3 is 12.1 Å². The molecule has 0 bridgehead atoms. The van der Waals surface area contributed by atoms with Crippen LogP contribution in [0.1, 0.15) is 0 Å². The maximum atomic E-state index is 13.6. The number of hydrogen-bond acceptors (Lipinski definition) is 5. The predicted octanol–water partition coefficient (Wildman–Crippen LogP) is 1.71. The SMILES string of the molecule is COc1ccc(N2C(=O)[C@H]3C(C(F)(F)C(F)(F)F)=NN[C@H]3C2=O)cc1. The summed E-state index contributed by atoms with van der Waals surface area (Å²) in [5.41, 5.74) is 0.241. The van der Waals surface area contributed by atoms with E-state index in [1.54, 1.807) is 0 Å². The van der Waals surface area contributed by atoms with E-state index in [9.17, 15) is 31.5 Å². The van der Waals surface area contributed by atoms with Gasteiger partial charge in [-0.05, 0) is 24.3 Å². The van der Waals surface area contributed by atoms with E-state index in [-0.39, 0.29) is 5.69 Å². The Hall–Kier alpha value is -2.72. The number of nitrogens with zero attached hydrogens (tertiary/aromatic N) is 2. The lowest BCUT2D eigenvalue weighted by atomic mass is 9.94. The van der Waals surface area contributed by atoms with Gasteiger partial charge in [0.25, 0.3) is 5.91 Å². The Morgan fingerprint density at radius 1 is 1.08 bits per heavy atom. The first-order valence-electron chi connectivity index (χ1n) is 6.89. The molecule has 134 valence electrons. The molecular weight excluding hydrogens is 353 g/mol. The van der Waals surface area contributed by atoms with Crippen LogP contribution in [0.25, 0.3) is 0 Å². The van der Waals surface area contributed by atoms with Crippen molar-refractivity contribution < 1.29 is 36.3 Å². The van der Waals surface area contributed by atoms with Gasteiger partial charge in [0.05, 0.1) is 12.8 Å². The highest BCUT2D eigenvalue weighted by molar-refractivity contribution is 6.31. The fourth-order valence-corrected chi connectivity index (χ4v) is 2.68. The van der Waals surface area contributed by atoms with Crippen LogP contribution in [0.5, 0.6) is 5.75 Å². The van der Waals surface area contributed by atoms with Crippen LogP contribution in [0.3, 0.4) is 0 Å². The normalized spacial score (nSPS) is 23.4. The molecule has 6 nitrogen and oxygen atoms in total. The molecule has 1 aromatic rings. The van der Waals surface area contributed by atoms with Crippen LogP contribution in [0.4, 0.5) is 27.6 Å². The first-order valence-corrected chi connectivity index (χ1v) is 6.89. The molecule has 2 heterocycles. The van der Waals surface area contributed by atoms with Crippen molar-refractivity contribution in [2.45, 2.75) is 18.1 Å². The molecule has 3 rings (SSSR count). The Morgan fingerprint density at radius 2 is 1.68 bits per heavy atom. The number of carbonyl (C=O) groups is 2. The number of hydrazone groups is 1. The number of rotatable bonds is 3. The molecule has 25 heavy (non-hydrogen) atoms. The minimum Gasteiger partial charge on any atom is -0.497 e. The monoisotopic (exact) mass is 363 g/mol. The van der Waals surface area contributed by atoms with Crippen molar-refractivity contribution in [3.8, 4) is 5.75 Å². The van der Waals surface area contributed by atoms with Gasteiger partial charge in [-0.25, -0.2) is 4.90 Å². The Morgan fingerprint density at radius 3 is 2.20 bits per heavy atom. The largest absolute Gasteiger partial charge is 0.497 e. The molecule has 0 radical (unpaired) electrons. The van der Waals surface area contributed by atoms with Crippen LogP contribution < -0.4 is 15.1 Å². The molecule has 0 saturated carbocycles. The zero-order valence-corrected chi connectivity index (χ0v) is 12.5. The van der Waals surface area contributed by atoms with E-state index in [0.717, 1.165) is 0 Å². The summed E-state index contributed by atoms with van der Waals surface area (Å²) in [4.78, 5) is 25.2. The Balaban J connectivity index is 1.95. The van der Waals surface area contributed by atoms with Crippen molar-refractivity contribution in [1.29, 1.82) is 0 Å². The van der Waals surface area contributed by atoms with Crippen LogP contribution >= 0.6 is 0 Å². The van der Waals surface area contributed by atoms with Crippen LogP contribution in [0, 0.1) is 5.92 Å². The standard InChI is InChI=1S/C14H10F5N3O3/c1-25-7-4-2-6(3-5-7)22-11(23)8-9(12(22)24)20-21-10(8)13(15,16)14(17,18)19/h2-5,8-9,20H,1H3/t8-,9-/m1/s1. The van der Waals surface area contributed by atoms with Crippen molar-refractivity contribution in [1.82, 2.24) is 5.43 Å². The average molecular weight is 363 g/mol. The molecule has 1 saturated heterocycles. The van der Waals surface area contributed by atoms with Gasteiger partial charge in [-0.1, -0.05) is 0 Å². The number of halogens is 5. The summed E-state index contributed by atoms with van der Waals surface area (Å²) >= 11 is 0. The van der Waals surface area contributed by atoms with E-state index in [0.29, 0.717) is 10.6 Å². The number of fused-ring (bicyclic) bond motifs is 1. The summed E-state index contributed by atoms with van der Waals surface area (Å²) in [6.45, 7) is 0. The summed E-state index contributed by atoms with van der Waals surface area (Å²) in [5, 5.41) is 2.92. The minimum absolute atomic E-state index is 0.0293. The first kappa shape index (κ1) is 17.1. The average Bonchev–Trinajstić information content (AvgIpc) is 3.08. The maximum absolute atomic E-state index is 13.6. The van der Waals surface area contributed by atoms with Crippen molar-refractivity contribution in [3.05, 3.63) is 24.3 Å². The van der Waals surface area contributed by atoms with Gasteiger partial charge in [0.1, 0.15) is 23.4 Å². The maximum Gasteiger partial charge on any atom is 0.459 e. The van der Waals surface area contributed by atoms with Crippen molar-refractivity contribution in [2.24, 2.45) is 11.0 Å². The van der Waals surface area contributed by atoms with Gasteiger partial charge in [0.15, 0.2) is 0 Å². The molecule has 2 aliphatic rings. The lowest BCUT2D eigenvalue weighted by molar-refractivity contribution is -0.250.